The Hall–Kier alpha value is -2.37. The SMILES string of the molecule is NC(=O)c1cccc2c1OC(=O)CCC(=O)O2. The normalized spacial score (nSPS) is 15.1. The summed E-state index contributed by atoms with van der Waals surface area (Å²) in [5, 5.41) is 0. The predicted molar refractivity (Wildman–Crippen MR) is 55.5 cm³/mol. The fourth-order valence-electron chi connectivity index (χ4n) is 1.44. The highest BCUT2D eigenvalue weighted by Crippen LogP contribution is 2.33. The first-order valence-corrected chi connectivity index (χ1v) is 4.92. The van der Waals surface area contributed by atoms with E-state index >= 15 is 0 Å². The Bertz CT molecular complexity index is 509. The highest BCUT2D eigenvalue weighted by Gasteiger charge is 2.23. The van der Waals surface area contributed by atoms with Crippen molar-refractivity contribution < 1.29 is 23.9 Å². The largest absolute Gasteiger partial charge is 0.422 e. The van der Waals surface area contributed by atoms with Gasteiger partial charge < -0.3 is 15.2 Å². The predicted octanol–water partition coefficient (Wildman–Crippen LogP) is 0.390. The fraction of sp³-hybridized carbons (Fsp3) is 0.182. The van der Waals surface area contributed by atoms with E-state index in [0.29, 0.717) is 0 Å². The van der Waals surface area contributed by atoms with Gasteiger partial charge in [0.1, 0.15) is 0 Å². The molecule has 17 heavy (non-hydrogen) atoms. The molecule has 0 bridgehead atoms. The molecule has 0 fully saturated rings. The number of hydrogen-bond donors (Lipinski definition) is 1. The van der Waals surface area contributed by atoms with Crippen LogP contribution in [-0.2, 0) is 9.59 Å². The van der Waals surface area contributed by atoms with Gasteiger partial charge in [-0.3, -0.25) is 14.4 Å². The number of para-hydroxylation sites is 1. The van der Waals surface area contributed by atoms with Gasteiger partial charge in [-0.15, -0.1) is 0 Å². The molecule has 6 heteroatoms. The molecule has 0 saturated heterocycles. The summed E-state index contributed by atoms with van der Waals surface area (Å²) in [7, 11) is 0. The Morgan fingerprint density at radius 3 is 2.41 bits per heavy atom. The van der Waals surface area contributed by atoms with Crippen LogP contribution >= 0.6 is 0 Å². The number of amides is 1. The van der Waals surface area contributed by atoms with Gasteiger partial charge in [0.15, 0.2) is 11.5 Å². The van der Waals surface area contributed by atoms with Crippen molar-refractivity contribution in [2.45, 2.75) is 12.8 Å². The summed E-state index contributed by atoms with van der Waals surface area (Å²) < 4.78 is 9.91. The average molecular weight is 235 g/mol. The lowest BCUT2D eigenvalue weighted by Crippen LogP contribution is -2.21. The Kier molecular flexibility index (Phi) is 2.78. The van der Waals surface area contributed by atoms with E-state index in [-0.39, 0.29) is 29.9 Å². The van der Waals surface area contributed by atoms with Gasteiger partial charge in [0, 0.05) is 0 Å². The Labute approximate surface area is 96.3 Å². The number of carbonyl (C=O) groups excluding carboxylic acids is 3. The molecule has 0 unspecified atom stereocenters. The summed E-state index contributed by atoms with van der Waals surface area (Å²) in [5.74, 6) is -1.98. The summed E-state index contributed by atoms with van der Waals surface area (Å²) in [4.78, 5) is 33.8. The maximum atomic E-state index is 11.3. The number of rotatable bonds is 1. The summed E-state index contributed by atoms with van der Waals surface area (Å²) in [6.45, 7) is 0. The number of ether oxygens (including phenoxy) is 2. The third-order valence-electron chi connectivity index (χ3n) is 2.22. The second kappa shape index (κ2) is 4.25. The summed E-state index contributed by atoms with van der Waals surface area (Å²) in [6.07, 6.45) is -0.148. The van der Waals surface area contributed by atoms with E-state index in [1.807, 2.05) is 0 Å². The van der Waals surface area contributed by atoms with Gasteiger partial charge in [-0.25, -0.2) is 0 Å². The van der Waals surface area contributed by atoms with Crippen LogP contribution in [0.3, 0.4) is 0 Å². The van der Waals surface area contributed by atoms with Gasteiger partial charge in [0.05, 0.1) is 18.4 Å². The van der Waals surface area contributed by atoms with Crippen molar-refractivity contribution in [1.29, 1.82) is 0 Å². The third kappa shape index (κ3) is 2.25. The molecule has 0 aromatic heterocycles. The molecule has 2 N–H and O–H groups in total. The van der Waals surface area contributed by atoms with Crippen molar-refractivity contribution in [3.63, 3.8) is 0 Å². The third-order valence-corrected chi connectivity index (χ3v) is 2.22. The van der Waals surface area contributed by atoms with E-state index in [0.717, 1.165) is 0 Å². The van der Waals surface area contributed by atoms with Crippen LogP contribution in [0.4, 0.5) is 0 Å². The average Bonchev–Trinajstić information content (AvgIpc) is 2.26. The van der Waals surface area contributed by atoms with Crippen LogP contribution in [0, 0.1) is 0 Å². The molecular weight excluding hydrogens is 226 g/mol. The van der Waals surface area contributed by atoms with Gasteiger partial charge in [0.25, 0.3) is 5.91 Å². The van der Waals surface area contributed by atoms with E-state index in [1.165, 1.54) is 18.2 Å². The standard InChI is InChI=1S/C11H9NO5/c12-11(15)6-2-1-3-7-10(6)17-9(14)5-4-8(13)16-7/h1-3H,4-5H2,(H2,12,15). The van der Waals surface area contributed by atoms with Gasteiger partial charge in [-0.2, -0.15) is 0 Å². The van der Waals surface area contributed by atoms with Gasteiger partial charge >= 0.3 is 11.9 Å². The van der Waals surface area contributed by atoms with Crippen molar-refractivity contribution in [2.24, 2.45) is 5.73 Å². The Balaban J connectivity index is 2.53. The van der Waals surface area contributed by atoms with Crippen LogP contribution in [0.5, 0.6) is 11.5 Å². The molecule has 88 valence electrons. The Morgan fingerprint density at radius 2 is 1.76 bits per heavy atom. The van der Waals surface area contributed by atoms with E-state index in [4.69, 9.17) is 15.2 Å². The maximum Gasteiger partial charge on any atom is 0.311 e. The van der Waals surface area contributed by atoms with Crippen LogP contribution in [0.15, 0.2) is 18.2 Å². The molecule has 0 aliphatic carbocycles. The van der Waals surface area contributed by atoms with E-state index < -0.39 is 17.8 Å². The molecule has 0 saturated carbocycles. The van der Waals surface area contributed by atoms with Crippen LogP contribution < -0.4 is 15.2 Å². The minimum atomic E-state index is -0.758. The van der Waals surface area contributed by atoms with E-state index in [2.05, 4.69) is 0 Å². The van der Waals surface area contributed by atoms with Gasteiger partial charge in [0.2, 0.25) is 0 Å². The second-order valence-corrected chi connectivity index (χ2v) is 3.45. The van der Waals surface area contributed by atoms with Crippen molar-refractivity contribution >= 4 is 17.8 Å². The first-order chi connectivity index (χ1) is 8.08. The lowest BCUT2D eigenvalue weighted by Gasteiger charge is -2.15. The summed E-state index contributed by atoms with van der Waals surface area (Å²) in [6, 6.07) is 4.31. The molecule has 1 aromatic carbocycles. The first kappa shape index (κ1) is 11.1. The maximum absolute atomic E-state index is 11.3. The van der Waals surface area contributed by atoms with Crippen molar-refractivity contribution in [1.82, 2.24) is 0 Å². The van der Waals surface area contributed by atoms with Crippen LogP contribution in [0.25, 0.3) is 0 Å². The molecule has 1 aliphatic heterocycles. The topological polar surface area (TPSA) is 95.7 Å². The van der Waals surface area contributed by atoms with E-state index in [9.17, 15) is 14.4 Å². The molecule has 6 nitrogen and oxygen atoms in total. The van der Waals surface area contributed by atoms with Crippen LogP contribution in [-0.4, -0.2) is 17.8 Å². The fourth-order valence-corrected chi connectivity index (χ4v) is 1.44. The number of hydrogen-bond acceptors (Lipinski definition) is 5. The summed E-state index contributed by atoms with van der Waals surface area (Å²) >= 11 is 0. The van der Waals surface area contributed by atoms with Crippen LogP contribution in [0.2, 0.25) is 0 Å². The quantitative estimate of drug-likeness (QED) is 0.561. The summed E-state index contributed by atoms with van der Waals surface area (Å²) in [5.41, 5.74) is 5.14. The monoisotopic (exact) mass is 235 g/mol. The molecule has 1 heterocycles. The molecule has 1 amide bonds. The lowest BCUT2D eigenvalue weighted by molar-refractivity contribution is -0.142. The van der Waals surface area contributed by atoms with Crippen molar-refractivity contribution in [3.05, 3.63) is 23.8 Å². The van der Waals surface area contributed by atoms with Gasteiger partial charge in [-0.1, -0.05) is 6.07 Å². The zero-order valence-electron chi connectivity index (χ0n) is 8.76. The number of carbonyl (C=O) groups is 3. The highest BCUT2D eigenvalue weighted by molar-refractivity contribution is 5.98. The molecule has 2 rings (SSSR count). The molecule has 1 aromatic rings. The molecule has 0 radical (unpaired) electrons. The zero-order valence-corrected chi connectivity index (χ0v) is 8.76. The Morgan fingerprint density at radius 1 is 1.12 bits per heavy atom. The van der Waals surface area contributed by atoms with E-state index in [1.54, 1.807) is 0 Å². The molecule has 1 aliphatic rings. The van der Waals surface area contributed by atoms with Gasteiger partial charge in [-0.05, 0) is 12.1 Å². The molecular formula is C11H9NO5. The lowest BCUT2D eigenvalue weighted by atomic mass is 10.1. The van der Waals surface area contributed by atoms with Crippen LogP contribution in [0.1, 0.15) is 23.2 Å². The number of benzene rings is 1. The highest BCUT2D eigenvalue weighted by atomic mass is 16.6. The number of fused-ring (bicyclic) bond motifs is 1. The zero-order chi connectivity index (χ0) is 12.4. The first-order valence-electron chi connectivity index (χ1n) is 4.92. The van der Waals surface area contributed by atoms with Crippen molar-refractivity contribution in [2.75, 3.05) is 0 Å². The number of esters is 2. The minimum Gasteiger partial charge on any atom is -0.422 e. The van der Waals surface area contributed by atoms with Crippen molar-refractivity contribution in [3.8, 4) is 11.5 Å². The minimum absolute atomic E-state index is 0.00514. The second-order valence-electron chi connectivity index (χ2n) is 3.45. The smallest absolute Gasteiger partial charge is 0.311 e. The molecule has 0 atom stereocenters. The number of primary amides is 1. The number of nitrogens with two attached hydrogens (primary N) is 1. The molecule has 0 spiro atoms.